The Kier molecular flexibility index (Phi) is 6.59. The minimum atomic E-state index is -0.656. The monoisotopic (exact) mass is 441 g/mol. The van der Waals surface area contributed by atoms with Crippen molar-refractivity contribution in [1.29, 1.82) is 0 Å². The number of nitrogens with zero attached hydrogens (tertiary/aromatic N) is 1. The summed E-state index contributed by atoms with van der Waals surface area (Å²) in [5, 5.41) is 11.2. The van der Waals surface area contributed by atoms with Crippen LogP contribution in [0.25, 0.3) is 5.76 Å². The topological polar surface area (TPSA) is 66.8 Å². The van der Waals surface area contributed by atoms with Crippen LogP contribution in [0.4, 0.5) is 0 Å². The number of likely N-dealkylation sites (tertiary alicyclic amines) is 1. The molecule has 0 aromatic heterocycles. The molecule has 1 aliphatic heterocycles. The lowest BCUT2D eigenvalue weighted by Gasteiger charge is -2.24. The Morgan fingerprint density at radius 3 is 2.27 bits per heavy atom. The van der Waals surface area contributed by atoms with Gasteiger partial charge in [0.1, 0.15) is 18.1 Å². The average Bonchev–Trinajstić information content (AvgIpc) is 3.09. The first-order valence-electron chi connectivity index (χ1n) is 11.1. The van der Waals surface area contributed by atoms with E-state index < -0.39 is 17.7 Å². The molecule has 1 atom stereocenters. The summed E-state index contributed by atoms with van der Waals surface area (Å²) in [6, 6.07) is 23.9. The van der Waals surface area contributed by atoms with E-state index in [1.165, 1.54) is 0 Å². The van der Waals surface area contributed by atoms with Crippen LogP contribution in [0.5, 0.6) is 5.75 Å². The van der Waals surface area contributed by atoms with Crippen LogP contribution >= 0.6 is 0 Å². The van der Waals surface area contributed by atoms with Gasteiger partial charge in [-0.05, 0) is 48.2 Å². The Balaban J connectivity index is 1.68. The van der Waals surface area contributed by atoms with Crippen molar-refractivity contribution in [2.75, 3.05) is 6.54 Å². The van der Waals surface area contributed by atoms with Crippen molar-refractivity contribution in [1.82, 2.24) is 4.90 Å². The number of ether oxygens (including phenoxy) is 1. The highest BCUT2D eigenvalue weighted by Gasteiger charge is 2.45. The quantitative estimate of drug-likeness (QED) is 0.303. The highest BCUT2D eigenvalue weighted by atomic mass is 16.5. The molecule has 0 radical (unpaired) electrons. The molecule has 1 unspecified atom stereocenters. The van der Waals surface area contributed by atoms with Gasteiger partial charge in [0.25, 0.3) is 11.7 Å². The van der Waals surface area contributed by atoms with Crippen LogP contribution in [0.15, 0.2) is 84.4 Å². The third kappa shape index (κ3) is 4.53. The molecule has 0 bridgehead atoms. The summed E-state index contributed by atoms with van der Waals surface area (Å²) in [4.78, 5) is 27.3. The van der Waals surface area contributed by atoms with Crippen LogP contribution in [0.3, 0.4) is 0 Å². The van der Waals surface area contributed by atoms with Gasteiger partial charge in [0, 0.05) is 12.1 Å². The molecule has 3 aromatic rings. The number of benzene rings is 3. The minimum absolute atomic E-state index is 0.122. The largest absolute Gasteiger partial charge is 0.507 e. The smallest absolute Gasteiger partial charge is 0.295 e. The molecule has 168 valence electrons. The van der Waals surface area contributed by atoms with E-state index in [4.69, 9.17) is 4.74 Å². The van der Waals surface area contributed by atoms with Crippen LogP contribution < -0.4 is 4.74 Å². The van der Waals surface area contributed by atoms with E-state index in [9.17, 15) is 14.7 Å². The number of hydrogen-bond donors (Lipinski definition) is 1. The zero-order valence-electron chi connectivity index (χ0n) is 18.8. The summed E-state index contributed by atoms with van der Waals surface area (Å²) in [6.07, 6.45) is 0.711. The second-order valence-electron chi connectivity index (χ2n) is 8.16. The lowest BCUT2D eigenvalue weighted by atomic mass is 9.95. The molecule has 1 N–H and O–H groups in total. The summed E-state index contributed by atoms with van der Waals surface area (Å²) < 4.78 is 5.93. The average molecular weight is 442 g/mol. The van der Waals surface area contributed by atoms with Crippen molar-refractivity contribution >= 4 is 17.4 Å². The SMILES string of the molecule is CCCN1C(=O)C(=O)/C(=C(\O)c2ccc(OCc3ccccc3)c(C)c2)C1c1ccccc1. The van der Waals surface area contributed by atoms with Gasteiger partial charge in [-0.2, -0.15) is 0 Å². The summed E-state index contributed by atoms with van der Waals surface area (Å²) >= 11 is 0. The molecular weight excluding hydrogens is 414 g/mol. The van der Waals surface area contributed by atoms with Crippen molar-refractivity contribution < 1.29 is 19.4 Å². The Hall–Kier alpha value is -3.86. The number of aliphatic hydroxyl groups is 1. The van der Waals surface area contributed by atoms with E-state index >= 15 is 0 Å². The van der Waals surface area contributed by atoms with Gasteiger partial charge in [-0.1, -0.05) is 67.6 Å². The number of rotatable bonds is 7. The number of hydrogen-bond acceptors (Lipinski definition) is 4. The molecule has 0 saturated carbocycles. The molecular formula is C28H27NO4. The lowest BCUT2D eigenvalue weighted by Crippen LogP contribution is -2.30. The molecule has 1 heterocycles. The third-order valence-electron chi connectivity index (χ3n) is 5.81. The van der Waals surface area contributed by atoms with E-state index in [1.807, 2.05) is 74.5 Å². The maximum absolute atomic E-state index is 13.0. The number of ketones is 1. The molecule has 5 nitrogen and oxygen atoms in total. The first-order chi connectivity index (χ1) is 16.0. The van der Waals surface area contributed by atoms with Crippen molar-refractivity contribution in [2.24, 2.45) is 0 Å². The number of carbonyl (C=O) groups is 2. The Morgan fingerprint density at radius 2 is 1.64 bits per heavy atom. The van der Waals surface area contributed by atoms with Gasteiger partial charge in [0.2, 0.25) is 0 Å². The van der Waals surface area contributed by atoms with Gasteiger partial charge in [0.15, 0.2) is 0 Å². The molecule has 1 saturated heterocycles. The second kappa shape index (κ2) is 9.74. The lowest BCUT2D eigenvalue weighted by molar-refractivity contribution is -0.139. The Morgan fingerprint density at radius 1 is 0.970 bits per heavy atom. The van der Waals surface area contributed by atoms with E-state index in [-0.39, 0.29) is 11.3 Å². The molecule has 1 amide bonds. The van der Waals surface area contributed by atoms with Crippen molar-refractivity contribution in [3.63, 3.8) is 0 Å². The minimum Gasteiger partial charge on any atom is -0.507 e. The van der Waals surface area contributed by atoms with Gasteiger partial charge < -0.3 is 14.7 Å². The summed E-state index contributed by atoms with van der Waals surface area (Å²) in [7, 11) is 0. The number of carbonyl (C=O) groups excluding carboxylic acids is 2. The van der Waals surface area contributed by atoms with Gasteiger partial charge >= 0.3 is 0 Å². The van der Waals surface area contributed by atoms with Crippen LogP contribution in [0, 0.1) is 6.92 Å². The molecule has 4 rings (SSSR count). The maximum atomic E-state index is 13.0. The summed E-state index contributed by atoms with van der Waals surface area (Å²) in [5.74, 6) is -0.705. The van der Waals surface area contributed by atoms with Gasteiger partial charge in [-0.15, -0.1) is 0 Å². The maximum Gasteiger partial charge on any atom is 0.295 e. The molecule has 0 aliphatic carbocycles. The highest BCUT2D eigenvalue weighted by Crippen LogP contribution is 2.39. The predicted octanol–water partition coefficient (Wildman–Crippen LogP) is 5.41. The van der Waals surface area contributed by atoms with Crippen molar-refractivity contribution in [3.05, 3.63) is 107 Å². The fourth-order valence-electron chi connectivity index (χ4n) is 4.18. The first-order valence-corrected chi connectivity index (χ1v) is 11.1. The third-order valence-corrected chi connectivity index (χ3v) is 5.81. The van der Waals surface area contributed by atoms with E-state index in [1.54, 1.807) is 23.1 Å². The highest BCUT2D eigenvalue weighted by molar-refractivity contribution is 6.46. The molecule has 1 fully saturated rings. The van der Waals surface area contributed by atoms with Gasteiger partial charge in [-0.25, -0.2) is 0 Å². The van der Waals surface area contributed by atoms with E-state index in [0.717, 1.165) is 16.7 Å². The fraction of sp³-hybridized carbons (Fsp3) is 0.214. The zero-order chi connectivity index (χ0) is 23.4. The van der Waals surface area contributed by atoms with Crippen LogP contribution in [-0.4, -0.2) is 28.2 Å². The molecule has 3 aromatic carbocycles. The molecule has 33 heavy (non-hydrogen) atoms. The molecule has 0 spiro atoms. The first kappa shape index (κ1) is 22.3. The van der Waals surface area contributed by atoms with Crippen molar-refractivity contribution in [3.8, 4) is 5.75 Å². The number of aliphatic hydroxyl groups excluding tert-OH is 1. The number of Topliss-reactive ketones (excluding diaryl/α,β-unsaturated/α-hetero) is 1. The van der Waals surface area contributed by atoms with Crippen LogP contribution in [0.2, 0.25) is 0 Å². The Bertz CT molecular complexity index is 1190. The van der Waals surface area contributed by atoms with Gasteiger partial charge in [0.05, 0.1) is 11.6 Å². The molecule has 1 aliphatic rings. The second-order valence-corrected chi connectivity index (χ2v) is 8.16. The number of amides is 1. The van der Waals surface area contributed by atoms with E-state index in [0.29, 0.717) is 30.9 Å². The number of aryl methyl sites for hydroxylation is 1. The summed E-state index contributed by atoms with van der Waals surface area (Å²) in [5.41, 5.74) is 3.29. The standard InChI is InChI=1S/C28H27NO4/c1-3-16-29-25(21-12-8-5-9-13-21)24(27(31)28(29)32)26(30)22-14-15-23(19(2)17-22)33-18-20-10-6-4-7-11-20/h4-15,17,25,30H,3,16,18H2,1-2H3/b26-24-. The van der Waals surface area contributed by atoms with Crippen LogP contribution in [0.1, 0.15) is 41.6 Å². The predicted molar refractivity (Wildman–Crippen MR) is 128 cm³/mol. The van der Waals surface area contributed by atoms with E-state index in [2.05, 4.69) is 0 Å². The van der Waals surface area contributed by atoms with Crippen LogP contribution in [-0.2, 0) is 16.2 Å². The zero-order valence-corrected chi connectivity index (χ0v) is 18.8. The van der Waals surface area contributed by atoms with Gasteiger partial charge in [-0.3, -0.25) is 9.59 Å². The van der Waals surface area contributed by atoms with Crippen molar-refractivity contribution in [2.45, 2.75) is 32.9 Å². The summed E-state index contributed by atoms with van der Waals surface area (Å²) in [6.45, 7) is 4.72. The molecule has 5 heteroatoms. The fourth-order valence-corrected chi connectivity index (χ4v) is 4.18. The Labute approximate surface area is 193 Å². The normalized spacial score (nSPS) is 17.4.